The lowest BCUT2D eigenvalue weighted by Crippen LogP contribution is -2.59. The van der Waals surface area contributed by atoms with E-state index >= 15 is 4.39 Å². The topological polar surface area (TPSA) is 138 Å². The highest BCUT2D eigenvalue weighted by Gasteiger charge is 2.58. The number of likely N-dealkylation sites (tertiary alicyclic amines) is 1. The van der Waals surface area contributed by atoms with Gasteiger partial charge in [0, 0.05) is 41.2 Å². The van der Waals surface area contributed by atoms with Crippen LogP contribution in [0.1, 0.15) is 118 Å². The second-order valence-corrected chi connectivity index (χ2v) is 23.0. The molecule has 4 aliphatic rings. The number of esters is 1. The van der Waals surface area contributed by atoms with Crippen LogP contribution >= 0.6 is 18.9 Å². The predicted molar refractivity (Wildman–Crippen MR) is 257 cm³/mol. The SMILES string of the molecule is CC(C)COC(=O)[C@H](C)N[P@@](=O)(Oc1ccccc1)[C@@H](F)c1ccc2sc(C(=O)N[C@H]3CC[C@H](N(C)CCCC(F)(F)F)C[C@H]4CC[C@@H](C(=O)N5C[C@H](c6ccccc6)CC56CC6)N4C3=O)cc2c1. The summed E-state index contributed by atoms with van der Waals surface area (Å²) >= 11 is 1.12. The van der Waals surface area contributed by atoms with Gasteiger partial charge in [-0.1, -0.05) is 68.4 Å². The number of halogens is 4. The van der Waals surface area contributed by atoms with Crippen LogP contribution < -0.4 is 14.9 Å². The molecular formula is C51H62F4N5O7PS. The summed E-state index contributed by atoms with van der Waals surface area (Å²) in [6, 6.07) is 20.7. The van der Waals surface area contributed by atoms with Gasteiger partial charge in [-0.05, 0) is 131 Å². The van der Waals surface area contributed by atoms with Crippen molar-refractivity contribution in [3.63, 3.8) is 0 Å². The molecule has 8 atom stereocenters. The molecule has 18 heteroatoms. The Hall–Kier alpha value is -4.83. The Bertz CT molecular complexity index is 2530. The number of amides is 3. The molecular weight excluding hydrogens is 934 g/mol. The van der Waals surface area contributed by atoms with Crippen LogP contribution in [0, 0.1) is 5.92 Å². The maximum Gasteiger partial charge on any atom is 0.389 e. The van der Waals surface area contributed by atoms with Gasteiger partial charge in [0.2, 0.25) is 17.7 Å². The van der Waals surface area contributed by atoms with Crippen LogP contribution in [-0.2, 0) is 23.7 Å². The summed E-state index contributed by atoms with van der Waals surface area (Å²) < 4.78 is 82.5. The number of thiophene rings is 1. The number of para-hydroxylation sites is 1. The van der Waals surface area contributed by atoms with Gasteiger partial charge in [-0.3, -0.25) is 23.7 Å². The molecule has 1 spiro atoms. The summed E-state index contributed by atoms with van der Waals surface area (Å²) in [7, 11) is -2.74. The highest BCUT2D eigenvalue weighted by Crippen LogP contribution is 2.58. The van der Waals surface area contributed by atoms with Crippen LogP contribution in [0.5, 0.6) is 5.75 Å². The molecule has 4 fully saturated rings. The van der Waals surface area contributed by atoms with Crippen LogP contribution in [0.4, 0.5) is 17.6 Å². The van der Waals surface area contributed by atoms with Crippen molar-refractivity contribution in [1.82, 2.24) is 25.1 Å². The van der Waals surface area contributed by atoms with Gasteiger partial charge in [0.15, 0.2) is 0 Å². The number of hydrogen-bond acceptors (Lipinski definition) is 9. The van der Waals surface area contributed by atoms with Gasteiger partial charge < -0.3 is 29.3 Å². The molecule has 1 aromatic heterocycles. The number of alkyl halides is 4. The fourth-order valence-corrected chi connectivity index (χ4v) is 13.2. The third-order valence-electron chi connectivity index (χ3n) is 14.1. The maximum atomic E-state index is 16.8. The molecule has 4 heterocycles. The molecule has 8 rings (SSSR count). The molecule has 3 aliphatic heterocycles. The average Bonchev–Trinajstić information content (AvgIpc) is 3.59. The monoisotopic (exact) mass is 995 g/mol. The summed E-state index contributed by atoms with van der Waals surface area (Å²) in [5.41, 5.74) is 0.896. The highest BCUT2D eigenvalue weighted by molar-refractivity contribution is 7.57. The number of ether oxygens (including phenoxy) is 1. The average molecular weight is 996 g/mol. The van der Waals surface area contributed by atoms with Crippen molar-refractivity contribution in [2.45, 2.75) is 139 Å². The number of rotatable bonds is 17. The van der Waals surface area contributed by atoms with Gasteiger partial charge >= 0.3 is 19.7 Å². The third-order valence-corrected chi connectivity index (χ3v) is 17.4. The van der Waals surface area contributed by atoms with Crippen molar-refractivity contribution in [2.24, 2.45) is 5.92 Å². The van der Waals surface area contributed by atoms with Gasteiger partial charge in [0.25, 0.3) is 5.91 Å². The summed E-state index contributed by atoms with van der Waals surface area (Å²) in [4.78, 5) is 62.6. The van der Waals surface area contributed by atoms with Crippen LogP contribution in [0.2, 0.25) is 0 Å². The third kappa shape index (κ3) is 11.7. The zero-order chi connectivity index (χ0) is 49.3. The molecule has 3 aromatic carbocycles. The van der Waals surface area contributed by atoms with E-state index in [2.05, 4.69) is 22.5 Å². The standard InChI is InChI=1S/C51H62F4N5O7PS/c1-32(2)31-66-49(64)33(3)57-68(65,67-40-14-9-6-10-15-40)45(52)35-16-21-43-36(26-35)27-44(69-43)46(61)56-41-19-17-38(58(4)25-11-22-51(53,54)55)28-39-18-20-42(60(39)47(41)62)48(63)59-30-37(29-50(59)23-24-50)34-12-7-5-8-13-34/h5-10,12-16,21,26-27,32-33,37-39,41-42,45H,11,17-20,22-25,28-31H2,1-4H3,(H,56,61)(H,57,65)/t33-,37+,38-,39+,41-,42-,45+,68-/m0/s1. The van der Waals surface area contributed by atoms with Crippen LogP contribution in [-0.4, -0.2) is 107 Å². The molecule has 12 nitrogen and oxygen atoms in total. The molecule has 3 saturated heterocycles. The summed E-state index contributed by atoms with van der Waals surface area (Å²) in [5.74, 6) is -3.66. The molecule has 0 unspecified atom stereocenters. The van der Waals surface area contributed by atoms with Crippen LogP contribution in [0.3, 0.4) is 0 Å². The molecule has 372 valence electrons. The molecule has 0 bridgehead atoms. The zero-order valence-corrected chi connectivity index (χ0v) is 41.2. The van der Waals surface area contributed by atoms with Gasteiger partial charge in [-0.2, -0.15) is 13.2 Å². The van der Waals surface area contributed by atoms with Gasteiger partial charge in [-0.25, -0.2) is 9.48 Å². The van der Waals surface area contributed by atoms with Gasteiger partial charge in [0.05, 0.1) is 11.5 Å². The second kappa shape index (κ2) is 20.9. The fraction of sp³-hybridized carbons (Fsp3) is 0.529. The van der Waals surface area contributed by atoms with E-state index in [0.29, 0.717) is 42.3 Å². The number of nitrogens with zero attached hydrogens (tertiary/aromatic N) is 3. The molecule has 4 aromatic rings. The Morgan fingerprint density at radius 3 is 2.35 bits per heavy atom. The van der Waals surface area contributed by atoms with Crippen molar-refractivity contribution in [3.05, 3.63) is 101 Å². The van der Waals surface area contributed by atoms with Crippen LogP contribution in [0.25, 0.3) is 10.1 Å². The van der Waals surface area contributed by atoms with Crippen molar-refractivity contribution in [3.8, 4) is 5.75 Å². The van der Waals surface area contributed by atoms with E-state index in [4.69, 9.17) is 9.26 Å². The second-order valence-electron chi connectivity index (χ2n) is 19.8. The number of hydrogen-bond donors (Lipinski definition) is 2. The van der Waals surface area contributed by atoms with E-state index in [1.54, 1.807) is 42.3 Å². The van der Waals surface area contributed by atoms with E-state index in [1.807, 2.05) is 41.8 Å². The molecule has 3 amide bonds. The lowest BCUT2D eigenvalue weighted by Gasteiger charge is -2.41. The Morgan fingerprint density at radius 1 is 0.957 bits per heavy atom. The first-order valence-corrected chi connectivity index (χ1v) is 26.6. The Kier molecular flexibility index (Phi) is 15.3. The lowest BCUT2D eigenvalue weighted by atomic mass is 9.93. The number of carbonyl (C=O) groups is 4. The highest BCUT2D eigenvalue weighted by atomic mass is 32.1. The lowest BCUT2D eigenvalue weighted by molar-refractivity contribution is -0.148. The Balaban J connectivity index is 1.02. The minimum atomic E-state index is -4.53. The van der Waals surface area contributed by atoms with Crippen molar-refractivity contribution in [1.29, 1.82) is 0 Å². The maximum absolute atomic E-state index is 16.8. The molecule has 1 saturated carbocycles. The van der Waals surface area contributed by atoms with Crippen molar-refractivity contribution >= 4 is 52.6 Å². The summed E-state index contributed by atoms with van der Waals surface area (Å²) in [6.07, 6.45) is -0.539. The first-order chi connectivity index (χ1) is 32.8. The summed E-state index contributed by atoms with van der Waals surface area (Å²) in [6.45, 7) is 6.01. The molecule has 2 N–H and O–H groups in total. The first kappa shape index (κ1) is 50.6. The van der Waals surface area contributed by atoms with E-state index in [0.717, 1.165) is 30.6 Å². The Morgan fingerprint density at radius 2 is 1.67 bits per heavy atom. The van der Waals surface area contributed by atoms with Gasteiger partial charge in [-0.15, -0.1) is 11.3 Å². The quantitative estimate of drug-likeness (QED) is 0.0602. The summed E-state index contributed by atoms with van der Waals surface area (Å²) in [5, 5.41) is 6.02. The number of fused-ring (bicyclic) bond motifs is 2. The molecule has 1 aliphatic carbocycles. The number of benzene rings is 3. The molecule has 0 radical (unpaired) electrons. The molecule has 69 heavy (non-hydrogen) atoms. The van der Waals surface area contributed by atoms with Crippen molar-refractivity contribution < 1.29 is 50.6 Å². The Labute approximate surface area is 405 Å². The largest absolute Gasteiger partial charge is 0.464 e. The zero-order valence-electron chi connectivity index (χ0n) is 39.5. The number of nitrogens with one attached hydrogen (secondary N) is 2. The minimum Gasteiger partial charge on any atom is -0.464 e. The van der Waals surface area contributed by atoms with E-state index in [9.17, 15) is 36.9 Å². The smallest absolute Gasteiger partial charge is 0.389 e. The fourth-order valence-electron chi connectivity index (χ4n) is 10.4. The number of carbonyl (C=O) groups excluding carboxylic acids is 4. The van der Waals surface area contributed by atoms with E-state index < -0.39 is 56.0 Å². The van der Waals surface area contributed by atoms with E-state index in [1.165, 1.54) is 36.8 Å². The minimum absolute atomic E-state index is 0.0285. The first-order valence-electron chi connectivity index (χ1n) is 24.1. The van der Waals surface area contributed by atoms with Gasteiger partial charge in [0.1, 0.15) is 23.9 Å². The van der Waals surface area contributed by atoms with Crippen LogP contribution in [0.15, 0.2) is 84.9 Å². The van der Waals surface area contributed by atoms with Crippen molar-refractivity contribution in [2.75, 3.05) is 26.7 Å². The van der Waals surface area contributed by atoms with E-state index in [-0.39, 0.29) is 83.5 Å². The normalized spacial score (nSPS) is 24.1. The predicted octanol–water partition coefficient (Wildman–Crippen LogP) is 10.2.